The molecule has 0 aromatic heterocycles. The van der Waals surface area contributed by atoms with E-state index in [-0.39, 0.29) is 0 Å². The van der Waals surface area contributed by atoms with E-state index in [0.29, 0.717) is 16.9 Å². The van der Waals surface area contributed by atoms with Gasteiger partial charge in [0.2, 0.25) is 0 Å². The highest BCUT2D eigenvalue weighted by molar-refractivity contribution is 9.09. The summed E-state index contributed by atoms with van der Waals surface area (Å²) >= 11 is 3.73. The van der Waals surface area contributed by atoms with Crippen molar-refractivity contribution in [1.82, 2.24) is 10.9 Å². The molecule has 2 nitrogen and oxygen atoms in total. The molecule has 1 saturated heterocycles. The van der Waals surface area contributed by atoms with E-state index >= 15 is 0 Å². The van der Waals surface area contributed by atoms with Crippen LogP contribution in [-0.2, 0) is 0 Å². The lowest BCUT2D eigenvalue weighted by Crippen LogP contribution is -2.36. The summed E-state index contributed by atoms with van der Waals surface area (Å²) in [4.78, 5) is 0.692. The minimum absolute atomic E-state index is 0.492. The summed E-state index contributed by atoms with van der Waals surface area (Å²) in [5, 5.41) is 0. The molecule has 16 heavy (non-hydrogen) atoms. The zero-order valence-electron chi connectivity index (χ0n) is 9.20. The molecule has 4 unspecified atom stereocenters. The van der Waals surface area contributed by atoms with E-state index in [2.05, 4.69) is 57.1 Å². The number of hydrazine groups is 1. The molecule has 2 fully saturated rings. The highest BCUT2D eigenvalue weighted by Crippen LogP contribution is 2.39. The van der Waals surface area contributed by atoms with Crippen molar-refractivity contribution in [2.24, 2.45) is 5.92 Å². The van der Waals surface area contributed by atoms with Crippen LogP contribution in [0.25, 0.3) is 0 Å². The molecule has 1 aliphatic heterocycles. The summed E-state index contributed by atoms with van der Waals surface area (Å²) in [5.41, 5.74) is 8.33. The number of fused-ring (bicyclic) bond motifs is 1. The second-order valence-electron chi connectivity index (χ2n) is 4.86. The molecule has 2 N–H and O–H groups in total. The van der Waals surface area contributed by atoms with Crippen LogP contribution in [0.5, 0.6) is 0 Å². The van der Waals surface area contributed by atoms with Gasteiger partial charge < -0.3 is 0 Å². The van der Waals surface area contributed by atoms with Crippen molar-refractivity contribution in [3.8, 4) is 0 Å². The van der Waals surface area contributed by atoms with E-state index in [9.17, 15) is 0 Å². The molecule has 1 saturated carbocycles. The van der Waals surface area contributed by atoms with Gasteiger partial charge >= 0.3 is 0 Å². The highest BCUT2D eigenvalue weighted by Gasteiger charge is 2.39. The van der Waals surface area contributed by atoms with Crippen LogP contribution in [0.4, 0.5) is 0 Å². The largest absolute Gasteiger partial charge is 0.254 e. The Morgan fingerprint density at radius 1 is 1.06 bits per heavy atom. The molecule has 0 radical (unpaired) electrons. The molecule has 0 bridgehead atoms. The van der Waals surface area contributed by atoms with Gasteiger partial charge in [-0.3, -0.25) is 5.43 Å². The molecule has 0 amide bonds. The number of hydrogen-bond donors (Lipinski definition) is 2. The van der Waals surface area contributed by atoms with Crippen LogP contribution in [0, 0.1) is 5.92 Å². The molecule has 0 spiro atoms. The Morgan fingerprint density at radius 2 is 1.88 bits per heavy atom. The quantitative estimate of drug-likeness (QED) is 0.773. The fourth-order valence-electron chi connectivity index (χ4n) is 3.00. The van der Waals surface area contributed by atoms with Gasteiger partial charge in [-0.1, -0.05) is 46.3 Å². The van der Waals surface area contributed by atoms with Gasteiger partial charge in [-0.05, 0) is 30.7 Å². The van der Waals surface area contributed by atoms with Gasteiger partial charge in [0.1, 0.15) is 0 Å². The van der Waals surface area contributed by atoms with Crippen LogP contribution in [0.2, 0.25) is 0 Å². The zero-order valence-corrected chi connectivity index (χ0v) is 10.8. The maximum absolute atomic E-state index is 3.73. The van der Waals surface area contributed by atoms with Crippen molar-refractivity contribution in [2.75, 3.05) is 0 Å². The van der Waals surface area contributed by atoms with Gasteiger partial charge in [-0.25, -0.2) is 5.43 Å². The first-order valence-electron chi connectivity index (χ1n) is 6.04. The third-order valence-electron chi connectivity index (χ3n) is 3.85. The average Bonchev–Trinajstić information content (AvgIpc) is 2.73. The van der Waals surface area contributed by atoms with Gasteiger partial charge in [0.15, 0.2) is 0 Å². The van der Waals surface area contributed by atoms with E-state index in [0.717, 1.165) is 5.92 Å². The van der Waals surface area contributed by atoms with Crippen LogP contribution in [0.15, 0.2) is 30.3 Å². The van der Waals surface area contributed by atoms with Crippen molar-refractivity contribution in [2.45, 2.75) is 36.2 Å². The molecule has 3 rings (SSSR count). The number of hydrogen-bond acceptors (Lipinski definition) is 2. The summed E-state index contributed by atoms with van der Waals surface area (Å²) in [6.45, 7) is 0. The number of alkyl halides is 1. The van der Waals surface area contributed by atoms with Gasteiger partial charge in [-0.15, -0.1) is 0 Å². The molecular formula is C13H17BrN2. The lowest BCUT2D eigenvalue weighted by molar-refractivity contribution is 0.315. The minimum Gasteiger partial charge on any atom is -0.254 e. The van der Waals surface area contributed by atoms with Gasteiger partial charge in [0, 0.05) is 10.9 Å². The summed E-state index contributed by atoms with van der Waals surface area (Å²) in [6.07, 6.45) is 3.84. The molecule has 3 heteroatoms. The summed E-state index contributed by atoms with van der Waals surface area (Å²) in [5.74, 6) is 0.746. The molecule has 1 aromatic carbocycles. The van der Waals surface area contributed by atoms with Crippen molar-refractivity contribution in [3.63, 3.8) is 0 Å². The Kier molecular flexibility index (Phi) is 3.01. The maximum atomic E-state index is 3.73. The SMILES string of the molecule is BrC1CCC2C(C1)NNC2c1ccccc1. The third-order valence-corrected chi connectivity index (χ3v) is 4.68. The van der Waals surface area contributed by atoms with E-state index in [1.807, 2.05) is 0 Å². The minimum atomic E-state index is 0.492. The van der Waals surface area contributed by atoms with E-state index < -0.39 is 0 Å². The predicted octanol–water partition coefficient (Wildman–Crippen LogP) is 2.77. The lowest BCUT2D eigenvalue weighted by atomic mass is 9.79. The van der Waals surface area contributed by atoms with Crippen molar-refractivity contribution in [3.05, 3.63) is 35.9 Å². The Balaban J connectivity index is 1.79. The lowest BCUT2D eigenvalue weighted by Gasteiger charge is -2.30. The van der Waals surface area contributed by atoms with Crippen molar-refractivity contribution in [1.29, 1.82) is 0 Å². The first-order chi connectivity index (χ1) is 7.84. The second kappa shape index (κ2) is 4.47. The van der Waals surface area contributed by atoms with Crippen LogP contribution in [0.1, 0.15) is 30.9 Å². The Hall–Kier alpha value is -0.380. The second-order valence-corrected chi connectivity index (χ2v) is 6.15. The summed E-state index contributed by atoms with van der Waals surface area (Å²) < 4.78 is 0. The average molecular weight is 281 g/mol. The topological polar surface area (TPSA) is 24.1 Å². The Labute approximate surface area is 105 Å². The van der Waals surface area contributed by atoms with Crippen LogP contribution in [-0.4, -0.2) is 10.9 Å². The molecule has 4 atom stereocenters. The third kappa shape index (κ3) is 1.92. The first-order valence-corrected chi connectivity index (χ1v) is 6.96. The maximum Gasteiger partial charge on any atom is 0.0506 e. The summed E-state index contributed by atoms with van der Waals surface area (Å²) in [7, 11) is 0. The number of nitrogens with one attached hydrogen (secondary N) is 2. The normalized spacial score (nSPS) is 38.3. The van der Waals surface area contributed by atoms with E-state index in [1.165, 1.54) is 24.8 Å². The van der Waals surface area contributed by atoms with E-state index in [4.69, 9.17) is 0 Å². The van der Waals surface area contributed by atoms with Gasteiger partial charge in [0.05, 0.1) is 6.04 Å². The first kappa shape index (κ1) is 10.8. The standard InChI is InChI=1S/C13H17BrN2/c14-10-6-7-11-12(8-10)15-16-13(11)9-4-2-1-3-5-9/h1-5,10-13,15-16H,6-8H2. The zero-order chi connectivity index (χ0) is 11.0. The number of halogens is 1. The Morgan fingerprint density at radius 3 is 2.69 bits per heavy atom. The van der Waals surface area contributed by atoms with Gasteiger partial charge in [-0.2, -0.15) is 0 Å². The fraction of sp³-hybridized carbons (Fsp3) is 0.538. The smallest absolute Gasteiger partial charge is 0.0506 e. The molecule has 1 heterocycles. The van der Waals surface area contributed by atoms with Gasteiger partial charge in [0.25, 0.3) is 0 Å². The number of rotatable bonds is 1. The summed E-state index contributed by atoms with van der Waals surface area (Å²) in [6, 6.07) is 11.9. The van der Waals surface area contributed by atoms with Crippen molar-refractivity contribution < 1.29 is 0 Å². The fourth-order valence-corrected chi connectivity index (χ4v) is 3.67. The molecule has 1 aromatic rings. The van der Waals surface area contributed by atoms with Crippen LogP contribution < -0.4 is 10.9 Å². The van der Waals surface area contributed by atoms with E-state index in [1.54, 1.807) is 0 Å². The monoisotopic (exact) mass is 280 g/mol. The molecule has 1 aliphatic carbocycles. The Bertz CT molecular complexity index is 354. The van der Waals surface area contributed by atoms with Crippen molar-refractivity contribution >= 4 is 15.9 Å². The predicted molar refractivity (Wildman–Crippen MR) is 69.3 cm³/mol. The highest BCUT2D eigenvalue weighted by atomic mass is 79.9. The molecular weight excluding hydrogens is 264 g/mol. The number of benzene rings is 1. The van der Waals surface area contributed by atoms with Crippen LogP contribution in [0.3, 0.4) is 0 Å². The van der Waals surface area contributed by atoms with Crippen LogP contribution >= 0.6 is 15.9 Å². The molecule has 2 aliphatic rings. The molecule has 86 valence electrons.